The Bertz CT molecular complexity index is 765. The second-order valence-electron chi connectivity index (χ2n) is 6.76. The number of hydrogen-bond acceptors (Lipinski definition) is 4. The van der Waals surface area contributed by atoms with Crippen molar-refractivity contribution in [3.63, 3.8) is 0 Å². The molecule has 1 N–H and O–H groups in total. The maximum absolute atomic E-state index is 12.8. The van der Waals surface area contributed by atoms with Crippen LogP contribution in [-0.4, -0.2) is 34.1 Å². The lowest BCUT2D eigenvalue weighted by molar-refractivity contribution is -0.130. The van der Waals surface area contributed by atoms with Crippen LogP contribution < -0.4 is 5.32 Å². The van der Waals surface area contributed by atoms with Crippen molar-refractivity contribution >= 4 is 11.9 Å². The van der Waals surface area contributed by atoms with Gasteiger partial charge in [-0.1, -0.05) is 35.5 Å². The third kappa shape index (κ3) is 3.43. The maximum Gasteiger partial charge on any atom is 0.325 e. The summed E-state index contributed by atoms with van der Waals surface area (Å²) in [6.07, 6.45) is 1.86. The predicted octanol–water partition coefficient (Wildman–Crippen LogP) is 2.78. The smallest absolute Gasteiger partial charge is 0.325 e. The van der Waals surface area contributed by atoms with E-state index in [0.717, 1.165) is 29.0 Å². The Labute approximate surface area is 147 Å². The fourth-order valence-electron chi connectivity index (χ4n) is 3.24. The molecule has 1 aromatic heterocycles. The van der Waals surface area contributed by atoms with E-state index in [0.29, 0.717) is 19.4 Å². The van der Waals surface area contributed by atoms with Gasteiger partial charge in [0.2, 0.25) is 0 Å². The minimum absolute atomic E-state index is 0.166. The minimum atomic E-state index is -0.855. The number of urea groups is 1. The predicted molar refractivity (Wildman–Crippen MR) is 93.1 cm³/mol. The molecule has 1 aromatic carbocycles. The largest absolute Gasteiger partial charge is 0.361 e. The normalized spacial score (nSPS) is 20.2. The molecular formula is C19H23N3O3. The molecule has 0 aliphatic carbocycles. The van der Waals surface area contributed by atoms with Gasteiger partial charge in [-0.25, -0.2) is 4.79 Å². The highest BCUT2D eigenvalue weighted by molar-refractivity contribution is 6.06. The third-order valence-electron chi connectivity index (χ3n) is 4.87. The molecule has 0 radical (unpaired) electrons. The van der Waals surface area contributed by atoms with Crippen LogP contribution in [0, 0.1) is 13.8 Å². The summed E-state index contributed by atoms with van der Waals surface area (Å²) in [5.41, 5.74) is 2.06. The van der Waals surface area contributed by atoms with Gasteiger partial charge in [-0.15, -0.1) is 0 Å². The number of aryl methyl sites for hydroxylation is 3. The molecular weight excluding hydrogens is 318 g/mol. The van der Waals surface area contributed by atoms with Gasteiger partial charge in [0.1, 0.15) is 11.3 Å². The Hall–Kier alpha value is -2.63. The highest BCUT2D eigenvalue weighted by Gasteiger charge is 2.47. The first-order valence-corrected chi connectivity index (χ1v) is 8.50. The first-order valence-electron chi connectivity index (χ1n) is 8.50. The van der Waals surface area contributed by atoms with E-state index in [4.69, 9.17) is 4.52 Å². The van der Waals surface area contributed by atoms with Crippen LogP contribution in [0.2, 0.25) is 0 Å². The van der Waals surface area contributed by atoms with Crippen molar-refractivity contribution < 1.29 is 14.1 Å². The summed E-state index contributed by atoms with van der Waals surface area (Å²) < 4.78 is 5.14. The van der Waals surface area contributed by atoms with Gasteiger partial charge in [-0.05, 0) is 45.6 Å². The summed E-state index contributed by atoms with van der Waals surface area (Å²) in [4.78, 5) is 26.4. The van der Waals surface area contributed by atoms with E-state index in [1.54, 1.807) is 6.92 Å². The molecule has 2 aromatic rings. The van der Waals surface area contributed by atoms with Crippen molar-refractivity contribution in [3.05, 3.63) is 52.9 Å². The van der Waals surface area contributed by atoms with Crippen LogP contribution in [0.5, 0.6) is 0 Å². The van der Waals surface area contributed by atoms with Crippen LogP contribution in [0.1, 0.15) is 35.9 Å². The lowest BCUT2D eigenvalue weighted by Crippen LogP contribution is -2.44. The van der Waals surface area contributed by atoms with Crippen LogP contribution >= 0.6 is 0 Å². The standard InChI is InChI=1S/C19H23N3O3/c1-13-16(14(2)25-21-13)10-12-22-17(23)19(3,20-18(22)24)11-9-15-7-5-4-6-8-15/h4-8H,9-12H2,1-3H3,(H,20,24)/t19-/m0/s1. The summed E-state index contributed by atoms with van der Waals surface area (Å²) in [6.45, 7) is 5.83. The Balaban J connectivity index is 1.65. The van der Waals surface area contributed by atoms with Crippen LogP contribution in [-0.2, 0) is 17.6 Å². The number of amides is 3. The molecule has 132 valence electrons. The average molecular weight is 341 g/mol. The first-order chi connectivity index (χ1) is 11.9. The number of rotatable bonds is 6. The van der Waals surface area contributed by atoms with Crippen LogP contribution in [0.25, 0.3) is 0 Å². The quantitative estimate of drug-likeness (QED) is 0.820. The van der Waals surface area contributed by atoms with Gasteiger partial charge in [0, 0.05) is 12.1 Å². The summed E-state index contributed by atoms with van der Waals surface area (Å²) in [7, 11) is 0. The zero-order valence-electron chi connectivity index (χ0n) is 14.8. The molecule has 25 heavy (non-hydrogen) atoms. The molecule has 1 aliphatic heterocycles. The highest BCUT2D eigenvalue weighted by Crippen LogP contribution is 2.24. The zero-order chi connectivity index (χ0) is 18.0. The van der Waals surface area contributed by atoms with E-state index in [-0.39, 0.29) is 11.9 Å². The SMILES string of the molecule is Cc1noc(C)c1CCN1C(=O)N[C@@](C)(CCc2ccccc2)C1=O. The summed E-state index contributed by atoms with van der Waals surface area (Å²) in [5.74, 6) is 0.566. The molecule has 0 bridgehead atoms. The van der Waals surface area contributed by atoms with E-state index in [1.165, 1.54) is 4.90 Å². The first kappa shape index (κ1) is 17.2. The number of nitrogens with one attached hydrogen (secondary N) is 1. The lowest BCUT2D eigenvalue weighted by atomic mass is 9.93. The number of benzene rings is 1. The molecule has 0 saturated carbocycles. The number of nitrogens with zero attached hydrogens (tertiary/aromatic N) is 2. The van der Waals surface area contributed by atoms with E-state index in [9.17, 15) is 9.59 Å². The highest BCUT2D eigenvalue weighted by atomic mass is 16.5. The van der Waals surface area contributed by atoms with Crippen molar-refractivity contribution in [1.29, 1.82) is 0 Å². The van der Waals surface area contributed by atoms with Crippen molar-refractivity contribution in [1.82, 2.24) is 15.4 Å². The second-order valence-corrected chi connectivity index (χ2v) is 6.76. The van der Waals surface area contributed by atoms with Gasteiger partial charge in [0.25, 0.3) is 5.91 Å². The maximum atomic E-state index is 12.8. The zero-order valence-corrected chi connectivity index (χ0v) is 14.8. The van der Waals surface area contributed by atoms with E-state index in [2.05, 4.69) is 10.5 Å². The van der Waals surface area contributed by atoms with Gasteiger partial charge in [0.05, 0.1) is 5.69 Å². The molecule has 0 spiro atoms. The molecule has 2 heterocycles. The van der Waals surface area contributed by atoms with E-state index >= 15 is 0 Å². The molecule has 0 unspecified atom stereocenters. The molecule has 1 atom stereocenters. The number of carbonyl (C=O) groups excluding carboxylic acids is 2. The fourth-order valence-corrected chi connectivity index (χ4v) is 3.24. The summed E-state index contributed by atoms with van der Waals surface area (Å²) in [5, 5.41) is 6.77. The van der Waals surface area contributed by atoms with Crippen LogP contribution in [0.4, 0.5) is 4.79 Å². The van der Waals surface area contributed by atoms with Gasteiger partial charge >= 0.3 is 6.03 Å². The topological polar surface area (TPSA) is 75.4 Å². The van der Waals surface area contributed by atoms with E-state index < -0.39 is 5.54 Å². The number of hydrogen-bond donors (Lipinski definition) is 1. The Morgan fingerprint density at radius 1 is 1.16 bits per heavy atom. The third-order valence-corrected chi connectivity index (χ3v) is 4.87. The Kier molecular flexibility index (Phi) is 4.61. The number of imide groups is 1. The van der Waals surface area contributed by atoms with Crippen molar-refractivity contribution in [2.45, 2.75) is 45.6 Å². The summed E-state index contributed by atoms with van der Waals surface area (Å²) >= 11 is 0. The molecule has 6 nitrogen and oxygen atoms in total. The van der Waals surface area contributed by atoms with Gasteiger partial charge < -0.3 is 9.84 Å². The summed E-state index contributed by atoms with van der Waals surface area (Å²) in [6, 6.07) is 9.64. The van der Waals surface area contributed by atoms with Gasteiger partial charge in [-0.2, -0.15) is 0 Å². The van der Waals surface area contributed by atoms with Crippen molar-refractivity contribution in [3.8, 4) is 0 Å². The molecule has 1 fully saturated rings. The molecule has 6 heteroatoms. The van der Waals surface area contributed by atoms with Gasteiger partial charge in [-0.3, -0.25) is 9.69 Å². The molecule has 3 rings (SSSR count). The molecule has 1 saturated heterocycles. The number of aromatic nitrogens is 1. The Morgan fingerprint density at radius 3 is 2.52 bits per heavy atom. The monoisotopic (exact) mass is 341 g/mol. The fraction of sp³-hybridized carbons (Fsp3) is 0.421. The lowest BCUT2D eigenvalue weighted by Gasteiger charge is -2.21. The number of carbonyl (C=O) groups is 2. The minimum Gasteiger partial charge on any atom is -0.361 e. The average Bonchev–Trinajstić information content (AvgIpc) is 3.02. The molecule has 1 aliphatic rings. The molecule has 3 amide bonds. The van der Waals surface area contributed by atoms with Crippen molar-refractivity contribution in [2.24, 2.45) is 0 Å². The van der Waals surface area contributed by atoms with Gasteiger partial charge in [0.15, 0.2) is 0 Å². The van der Waals surface area contributed by atoms with Crippen LogP contribution in [0.3, 0.4) is 0 Å². The second kappa shape index (κ2) is 6.70. The van der Waals surface area contributed by atoms with E-state index in [1.807, 2.05) is 44.2 Å². The Morgan fingerprint density at radius 2 is 1.88 bits per heavy atom. The van der Waals surface area contributed by atoms with Crippen molar-refractivity contribution in [2.75, 3.05) is 6.54 Å². The van der Waals surface area contributed by atoms with Crippen LogP contribution in [0.15, 0.2) is 34.9 Å².